The number of methoxy groups -OCH3 is 1. The highest BCUT2D eigenvalue weighted by atomic mass is 16.5. The molecular formula is C29H28N4O5. The number of amides is 1. The number of para-hydroxylation sites is 1. The Hall–Kier alpha value is -4.63. The molecule has 1 fully saturated rings. The van der Waals surface area contributed by atoms with Gasteiger partial charge in [0.2, 0.25) is 0 Å². The van der Waals surface area contributed by atoms with Crippen LogP contribution in [0.4, 0.5) is 11.4 Å². The normalized spacial score (nSPS) is 14.6. The van der Waals surface area contributed by atoms with E-state index in [2.05, 4.69) is 15.7 Å². The van der Waals surface area contributed by atoms with Crippen molar-refractivity contribution in [3.05, 3.63) is 101 Å². The molecule has 2 heterocycles. The molecule has 4 aromatic rings. The average molecular weight is 513 g/mol. The Morgan fingerprint density at radius 3 is 2.66 bits per heavy atom. The Bertz CT molecular complexity index is 1470. The summed E-state index contributed by atoms with van der Waals surface area (Å²) in [5.41, 5.74) is 1.37. The van der Waals surface area contributed by atoms with Gasteiger partial charge in [-0.1, -0.05) is 30.3 Å². The van der Waals surface area contributed by atoms with Gasteiger partial charge in [0.25, 0.3) is 11.5 Å². The SMILES string of the molecule is COc1cccc(Oc2cnn(-c3ccccc3)c(=O)c2Nc2cccc(C(=O)NCC3CCCO3)c2)c1. The van der Waals surface area contributed by atoms with E-state index < -0.39 is 5.56 Å². The Morgan fingerprint density at radius 2 is 1.87 bits per heavy atom. The van der Waals surface area contributed by atoms with Gasteiger partial charge < -0.3 is 24.8 Å². The molecule has 0 aliphatic carbocycles. The molecule has 3 aromatic carbocycles. The first-order valence-corrected chi connectivity index (χ1v) is 12.4. The van der Waals surface area contributed by atoms with Crippen LogP contribution >= 0.6 is 0 Å². The highest BCUT2D eigenvalue weighted by Gasteiger charge is 2.18. The predicted molar refractivity (Wildman–Crippen MR) is 144 cm³/mol. The van der Waals surface area contributed by atoms with Crippen LogP contribution in [0.5, 0.6) is 17.2 Å². The number of rotatable bonds is 9. The van der Waals surface area contributed by atoms with Crippen LogP contribution in [0.25, 0.3) is 5.69 Å². The van der Waals surface area contributed by atoms with Gasteiger partial charge in [0.15, 0.2) is 11.4 Å². The lowest BCUT2D eigenvalue weighted by molar-refractivity contribution is 0.0858. The van der Waals surface area contributed by atoms with E-state index in [1.807, 2.05) is 18.2 Å². The zero-order chi connectivity index (χ0) is 26.3. The third-order valence-corrected chi connectivity index (χ3v) is 6.12. The predicted octanol–water partition coefficient (Wildman–Crippen LogP) is 4.69. The van der Waals surface area contributed by atoms with Gasteiger partial charge in [-0.3, -0.25) is 9.59 Å². The Kier molecular flexibility index (Phi) is 7.65. The van der Waals surface area contributed by atoms with E-state index >= 15 is 0 Å². The summed E-state index contributed by atoms with van der Waals surface area (Å²) in [6, 6.07) is 23.1. The molecule has 1 amide bonds. The Labute approximate surface area is 220 Å². The number of carbonyl (C=O) groups is 1. The molecule has 1 aliphatic rings. The van der Waals surface area contributed by atoms with Gasteiger partial charge >= 0.3 is 0 Å². The van der Waals surface area contributed by atoms with Crippen molar-refractivity contribution in [2.24, 2.45) is 0 Å². The summed E-state index contributed by atoms with van der Waals surface area (Å²) in [5, 5.41) is 10.4. The quantitative estimate of drug-likeness (QED) is 0.335. The molecule has 38 heavy (non-hydrogen) atoms. The smallest absolute Gasteiger partial charge is 0.299 e. The van der Waals surface area contributed by atoms with E-state index in [9.17, 15) is 9.59 Å². The zero-order valence-corrected chi connectivity index (χ0v) is 20.9. The lowest BCUT2D eigenvalue weighted by atomic mass is 10.1. The maximum atomic E-state index is 13.6. The lowest BCUT2D eigenvalue weighted by Crippen LogP contribution is -2.31. The van der Waals surface area contributed by atoms with E-state index in [4.69, 9.17) is 14.2 Å². The van der Waals surface area contributed by atoms with Crippen molar-refractivity contribution < 1.29 is 19.0 Å². The number of aromatic nitrogens is 2. The van der Waals surface area contributed by atoms with E-state index in [-0.39, 0.29) is 23.4 Å². The molecule has 194 valence electrons. The summed E-state index contributed by atoms with van der Waals surface area (Å²) < 4.78 is 18.2. The van der Waals surface area contributed by atoms with Crippen LogP contribution in [0.1, 0.15) is 23.2 Å². The first kappa shape index (κ1) is 25.0. The number of anilines is 2. The minimum atomic E-state index is -0.412. The van der Waals surface area contributed by atoms with Gasteiger partial charge in [-0.2, -0.15) is 9.78 Å². The third-order valence-electron chi connectivity index (χ3n) is 6.12. The van der Waals surface area contributed by atoms with Gasteiger partial charge in [0.05, 0.1) is 25.1 Å². The first-order chi connectivity index (χ1) is 18.6. The minimum absolute atomic E-state index is 0.0462. The molecule has 0 spiro atoms. The summed E-state index contributed by atoms with van der Waals surface area (Å²) in [6.45, 7) is 1.19. The highest BCUT2D eigenvalue weighted by Crippen LogP contribution is 2.30. The van der Waals surface area contributed by atoms with Crippen LogP contribution in [-0.2, 0) is 4.74 Å². The molecule has 2 N–H and O–H groups in total. The van der Waals surface area contributed by atoms with Gasteiger partial charge in [-0.15, -0.1) is 0 Å². The molecule has 0 radical (unpaired) electrons. The number of ether oxygens (including phenoxy) is 3. The molecule has 1 saturated heterocycles. The van der Waals surface area contributed by atoms with Crippen LogP contribution in [0.15, 0.2) is 89.9 Å². The second kappa shape index (κ2) is 11.6. The summed E-state index contributed by atoms with van der Waals surface area (Å²) in [5.74, 6) is 1.11. The van der Waals surface area contributed by atoms with Gasteiger partial charge in [-0.25, -0.2) is 0 Å². The van der Waals surface area contributed by atoms with E-state index in [1.54, 1.807) is 67.8 Å². The summed E-state index contributed by atoms with van der Waals surface area (Å²) in [4.78, 5) is 26.4. The van der Waals surface area contributed by atoms with Crippen molar-refractivity contribution in [2.45, 2.75) is 18.9 Å². The van der Waals surface area contributed by atoms with Crippen molar-refractivity contribution in [1.29, 1.82) is 0 Å². The van der Waals surface area contributed by atoms with Crippen molar-refractivity contribution in [3.8, 4) is 22.9 Å². The second-order valence-electron chi connectivity index (χ2n) is 8.77. The summed E-state index contributed by atoms with van der Waals surface area (Å²) in [6.07, 6.45) is 3.47. The fraction of sp³-hybridized carbons (Fsp3) is 0.207. The van der Waals surface area contributed by atoms with Crippen LogP contribution in [0.3, 0.4) is 0 Å². The van der Waals surface area contributed by atoms with Gasteiger partial charge in [0, 0.05) is 30.5 Å². The molecule has 0 saturated carbocycles. The number of nitrogens with zero attached hydrogens (tertiary/aromatic N) is 2. The topological polar surface area (TPSA) is 104 Å². The molecule has 1 unspecified atom stereocenters. The van der Waals surface area contributed by atoms with E-state index in [0.29, 0.717) is 35.0 Å². The molecular weight excluding hydrogens is 484 g/mol. The monoisotopic (exact) mass is 512 g/mol. The largest absolute Gasteiger partial charge is 0.497 e. The van der Waals surface area contributed by atoms with Crippen molar-refractivity contribution in [3.63, 3.8) is 0 Å². The maximum Gasteiger partial charge on any atom is 0.299 e. The molecule has 1 atom stereocenters. The first-order valence-electron chi connectivity index (χ1n) is 12.4. The van der Waals surface area contributed by atoms with Crippen LogP contribution in [0.2, 0.25) is 0 Å². The molecule has 1 aromatic heterocycles. The fourth-order valence-electron chi connectivity index (χ4n) is 4.17. The number of hydrogen-bond acceptors (Lipinski definition) is 7. The maximum absolute atomic E-state index is 13.6. The number of carbonyl (C=O) groups excluding carboxylic acids is 1. The summed E-state index contributed by atoms with van der Waals surface area (Å²) in [7, 11) is 1.57. The van der Waals surface area contributed by atoms with Crippen molar-refractivity contribution >= 4 is 17.3 Å². The highest BCUT2D eigenvalue weighted by molar-refractivity contribution is 5.95. The minimum Gasteiger partial charge on any atom is -0.497 e. The number of hydrogen-bond donors (Lipinski definition) is 2. The van der Waals surface area contributed by atoms with E-state index in [1.165, 1.54) is 10.9 Å². The number of nitrogens with one attached hydrogen (secondary N) is 2. The molecule has 9 heteroatoms. The van der Waals surface area contributed by atoms with Crippen LogP contribution in [0, 0.1) is 0 Å². The Morgan fingerprint density at radius 1 is 1.05 bits per heavy atom. The van der Waals surface area contributed by atoms with Crippen LogP contribution < -0.4 is 25.7 Å². The van der Waals surface area contributed by atoms with Gasteiger partial charge in [-0.05, 0) is 55.3 Å². The lowest BCUT2D eigenvalue weighted by Gasteiger charge is -2.15. The Balaban J connectivity index is 1.45. The van der Waals surface area contributed by atoms with Crippen LogP contribution in [-0.4, -0.2) is 42.1 Å². The van der Waals surface area contributed by atoms with E-state index in [0.717, 1.165) is 19.4 Å². The standard InChI is InChI=1S/C29H28N4O5/c1-36-23-12-6-13-24(17-23)38-26-19-31-33(22-10-3-2-4-11-22)29(35)27(26)32-21-9-5-8-20(16-21)28(34)30-18-25-14-7-15-37-25/h2-6,8-13,16-17,19,25,32H,7,14-15,18H2,1H3,(H,30,34). The fourth-order valence-corrected chi connectivity index (χ4v) is 4.17. The number of benzene rings is 3. The van der Waals surface area contributed by atoms with Crippen molar-refractivity contribution in [1.82, 2.24) is 15.1 Å². The molecule has 0 bridgehead atoms. The zero-order valence-electron chi connectivity index (χ0n) is 20.9. The second-order valence-corrected chi connectivity index (χ2v) is 8.77. The summed E-state index contributed by atoms with van der Waals surface area (Å²) >= 11 is 0. The van der Waals surface area contributed by atoms with Crippen molar-refractivity contribution in [2.75, 3.05) is 25.6 Å². The third kappa shape index (κ3) is 5.84. The molecule has 5 rings (SSSR count). The average Bonchev–Trinajstić information content (AvgIpc) is 3.48. The van der Waals surface area contributed by atoms with Gasteiger partial charge in [0.1, 0.15) is 11.5 Å². The molecule has 1 aliphatic heterocycles. The molecule has 9 nitrogen and oxygen atoms in total.